The fourth-order valence-electron chi connectivity index (χ4n) is 1.43. The molecule has 0 saturated heterocycles. The second-order valence-electron chi connectivity index (χ2n) is 3.68. The van der Waals surface area contributed by atoms with Crippen molar-refractivity contribution in [3.8, 4) is 11.5 Å². The third-order valence-corrected chi connectivity index (χ3v) is 2.38. The standard InChI is InChI=1S/C13H12N2O3/c14-12(13(16)17)9-3-5-10(6-4-9)18-11-2-1-7-15-8-11/h1-8,12H,14H2,(H,16,17)/t12-/m1/s1. The highest BCUT2D eigenvalue weighted by atomic mass is 16.5. The number of nitrogens with two attached hydrogens (primary N) is 1. The number of benzene rings is 1. The summed E-state index contributed by atoms with van der Waals surface area (Å²) < 4.78 is 5.52. The van der Waals surface area contributed by atoms with Crippen LogP contribution in [0.5, 0.6) is 11.5 Å². The molecule has 3 N–H and O–H groups in total. The van der Waals surface area contributed by atoms with E-state index in [1.807, 2.05) is 0 Å². The molecule has 92 valence electrons. The predicted octanol–water partition coefficient (Wildman–Crippen LogP) is 1.96. The van der Waals surface area contributed by atoms with Gasteiger partial charge in [-0.25, -0.2) is 0 Å². The van der Waals surface area contributed by atoms with Gasteiger partial charge in [-0.2, -0.15) is 0 Å². The van der Waals surface area contributed by atoms with E-state index in [0.29, 0.717) is 17.1 Å². The Morgan fingerprint density at radius 2 is 1.94 bits per heavy atom. The number of aromatic nitrogens is 1. The Hall–Kier alpha value is -2.40. The maximum Gasteiger partial charge on any atom is 0.325 e. The van der Waals surface area contributed by atoms with Gasteiger partial charge in [-0.1, -0.05) is 12.1 Å². The van der Waals surface area contributed by atoms with Gasteiger partial charge in [0.1, 0.15) is 17.5 Å². The highest BCUT2D eigenvalue weighted by molar-refractivity contribution is 5.75. The normalized spacial score (nSPS) is 11.8. The van der Waals surface area contributed by atoms with Crippen LogP contribution >= 0.6 is 0 Å². The number of rotatable bonds is 4. The summed E-state index contributed by atoms with van der Waals surface area (Å²) in [5.41, 5.74) is 6.02. The van der Waals surface area contributed by atoms with Crippen LogP contribution in [-0.4, -0.2) is 16.1 Å². The first-order chi connectivity index (χ1) is 8.66. The molecule has 0 amide bonds. The van der Waals surface area contributed by atoms with E-state index in [1.165, 1.54) is 0 Å². The van der Waals surface area contributed by atoms with Crippen LogP contribution in [0.3, 0.4) is 0 Å². The predicted molar refractivity (Wildman–Crippen MR) is 65.3 cm³/mol. The average Bonchev–Trinajstić information content (AvgIpc) is 2.40. The Bertz CT molecular complexity index is 526. The van der Waals surface area contributed by atoms with Crippen molar-refractivity contribution in [2.75, 3.05) is 0 Å². The molecule has 5 heteroatoms. The molecule has 0 aliphatic rings. The van der Waals surface area contributed by atoms with Gasteiger partial charge in [0.15, 0.2) is 0 Å². The average molecular weight is 244 g/mol. The van der Waals surface area contributed by atoms with Crippen molar-refractivity contribution in [1.29, 1.82) is 0 Å². The van der Waals surface area contributed by atoms with Crippen molar-refractivity contribution in [2.24, 2.45) is 5.73 Å². The molecule has 1 aromatic heterocycles. The van der Waals surface area contributed by atoms with Gasteiger partial charge in [0.05, 0.1) is 6.20 Å². The number of carbonyl (C=O) groups is 1. The molecule has 1 atom stereocenters. The van der Waals surface area contributed by atoms with Gasteiger partial charge in [-0.15, -0.1) is 0 Å². The number of carboxylic acid groups (broad SMARTS) is 1. The monoisotopic (exact) mass is 244 g/mol. The van der Waals surface area contributed by atoms with E-state index >= 15 is 0 Å². The second-order valence-corrected chi connectivity index (χ2v) is 3.68. The lowest BCUT2D eigenvalue weighted by molar-refractivity contribution is -0.138. The molecule has 1 heterocycles. The van der Waals surface area contributed by atoms with Gasteiger partial charge in [0.2, 0.25) is 0 Å². The van der Waals surface area contributed by atoms with Gasteiger partial charge >= 0.3 is 5.97 Å². The van der Waals surface area contributed by atoms with E-state index in [4.69, 9.17) is 15.6 Å². The lowest BCUT2D eigenvalue weighted by Crippen LogP contribution is -2.20. The molecule has 0 radical (unpaired) electrons. The van der Waals surface area contributed by atoms with Crippen LogP contribution in [-0.2, 0) is 4.79 Å². The first-order valence-corrected chi connectivity index (χ1v) is 5.33. The molecule has 2 aromatic rings. The van der Waals surface area contributed by atoms with Gasteiger partial charge in [-0.05, 0) is 29.8 Å². The zero-order valence-electron chi connectivity index (χ0n) is 9.48. The molecule has 0 aliphatic heterocycles. The summed E-state index contributed by atoms with van der Waals surface area (Å²) in [7, 11) is 0. The molecule has 2 rings (SSSR count). The minimum atomic E-state index is -1.06. The number of pyridine rings is 1. The second kappa shape index (κ2) is 5.29. The van der Waals surface area contributed by atoms with E-state index < -0.39 is 12.0 Å². The summed E-state index contributed by atoms with van der Waals surface area (Å²) in [6, 6.07) is 9.14. The number of aliphatic carboxylic acids is 1. The summed E-state index contributed by atoms with van der Waals surface area (Å²) in [5.74, 6) is 0.160. The van der Waals surface area contributed by atoms with E-state index in [1.54, 1.807) is 48.8 Å². The summed E-state index contributed by atoms with van der Waals surface area (Å²) in [5, 5.41) is 8.78. The SMILES string of the molecule is N[C@@H](C(=O)O)c1ccc(Oc2cccnc2)cc1. The molecule has 18 heavy (non-hydrogen) atoms. The van der Waals surface area contributed by atoms with Crippen LogP contribution in [0.4, 0.5) is 0 Å². The number of carboxylic acids is 1. The lowest BCUT2D eigenvalue weighted by Gasteiger charge is -2.08. The molecular weight excluding hydrogens is 232 g/mol. The van der Waals surface area contributed by atoms with Crippen LogP contribution in [0.15, 0.2) is 48.8 Å². The van der Waals surface area contributed by atoms with Gasteiger partial charge in [0, 0.05) is 6.20 Å². The number of ether oxygens (including phenoxy) is 1. The Balaban J connectivity index is 2.11. The zero-order valence-corrected chi connectivity index (χ0v) is 9.48. The molecule has 5 nitrogen and oxygen atoms in total. The largest absolute Gasteiger partial charge is 0.480 e. The molecular formula is C13H12N2O3. The Kier molecular flexibility index (Phi) is 3.54. The fourth-order valence-corrected chi connectivity index (χ4v) is 1.43. The van der Waals surface area contributed by atoms with Crippen LogP contribution in [0, 0.1) is 0 Å². The molecule has 0 bridgehead atoms. The van der Waals surface area contributed by atoms with Crippen LogP contribution in [0.2, 0.25) is 0 Å². The quantitative estimate of drug-likeness (QED) is 0.858. The first-order valence-electron chi connectivity index (χ1n) is 5.33. The van der Waals surface area contributed by atoms with E-state index in [9.17, 15) is 4.79 Å². The summed E-state index contributed by atoms with van der Waals surface area (Å²) in [4.78, 5) is 14.6. The van der Waals surface area contributed by atoms with Crippen molar-refractivity contribution in [1.82, 2.24) is 4.98 Å². The van der Waals surface area contributed by atoms with Crippen molar-refractivity contribution in [3.63, 3.8) is 0 Å². The number of hydrogen-bond acceptors (Lipinski definition) is 4. The van der Waals surface area contributed by atoms with Crippen molar-refractivity contribution in [2.45, 2.75) is 6.04 Å². The Morgan fingerprint density at radius 3 is 2.50 bits per heavy atom. The minimum Gasteiger partial charge on any atom is -0.480 e. The smallest absolute Gasteiger partial charge is 0.325 e. The maximum atomic E-state index is 10.7. The van der Waals surface area contributed by atoms with Gasteiger partial charge in [-0.3, -0.25) is 9.78 Å². The van der Waals surface area contributed by atoms with Crippen molar-refractivity contribution in [3.05, 3.63) is 54.4 Å². The van der Waals surface area contributed by atoms with Gasteiger partial charge in [0.25, 0.3) is 0 Å². The van der Waals surface area contributed by atoms with Gasteiger partial charge < -0.3 is 15.6 Å². The molecule has 1 aromatic carbocycles. The molecule has 0 spiro atoms. The molecule has 0 unspecified atom stereocenters. The van der Waals surface area contributed by atoms with Crippen LogP contribution in [0.1, 0.15) is 11.6 Å². The Morgan fingerprint density at radius 1 is 1.22 bits per heavy atom. The molecule has 0 saturated carbocycles. The van der Waals surface area contributed by atoms with Crippen molar-refractivity contribution < 1.29 is 14.6 Å². The van der Waals surface area contributed by atoms with Crippen LogP contribution in [0.25, 0.3) is 0 Å². The summed E-state index contributed by atoms with van der Waals surface area (Å²) in [6.07, 6.45) is 3.25. The number of hydrogen-bond donors (Lipinski definition) is 2. The zero-order chi connectivity index (χ0) is 13.0. The number of nitrogens with zero attached hydrogens (tertiary/aromatic N) is 1. The van der Waals surface area contributed by atoms with E-state index in [2.05, 4.69) is 4.98 Å². The highest BCUT2D eigenvalue weighted by Gasteiger charge is 2.13. The summed E-state index contributed by atoms with van der Waals surface area (Å²) in [6.45, 7) is 0. The topological polar surface area (TPSA) is 85.4 Å². The van der Waals surface area contributed by atoms with E-state index in [-0.39, 0.29) is 0 Å². The fraction of sp³-hybridized carbons (Fsp3) is 0.0769. The summed E-state index contributed by atoms with van der Waals surface area (Å²) >= 11 is 0. The Labute approximate surface area is 104 Å². The minimum absolute atomic E-state index is 0.529. The third-order valence-electron chi connectivity index (χ3n) is 2.38. The molecule has 0 aliphatic carbocycles. The highest BCUT2D eigenvalue weighted by Crippen LogP contribution is 2.22. The third kappa shape index (κ3) is 2.83. The lowest BCUT2D eigenvalue weighted by atomic mass is 10.1. The molecule has 0 fully saturated rings. The maximum absolute atomic E-state index is 10.7. The first kappa shape index (κ1) is 12.1. The van der Waals surface area contributed by atoms with E-state index in [0.717, 1.165) is 0 Å². The van der Waals surface area contributed by atoms with Crippen LogP contribution < -0.4 is 10.5 Å². The van der Waals surface area contributed by atoms with Crippen molar-refractivity contribution >= 4 is 5.97 Å².